The van der Waals surface area contributed by atoms with Gasteiger partial charge in [0.15, 0.2) is 0 Å². The molecule has 6 heteroatoms. The summed E-state index contributed by atoms with van der Waals surface area (Å²) in [4.78, 5) is 13.6. The van der Waals surface area contributed by atoms with Crippen molar-refractivity contribution < 1.29 is 4.79 Å². The Morgan fingerprint density at radius 2 is 1.84 bits per heavy atom. The van der Waals surface area contributed by atoms with E-state index in [2.05, 4.69) is 5.32 Å². The largest absolute Gasteiger partial charge is 0.330 e. The highest BCUT2D eigenvalue weighted by Gasteiger charge is 2.21. The fourth-order valence-corrected chi connectivity index (χ4v) is 2.15. The van der Waals surface area contributed by atoms with Crippen molar-refractivity contribution in [1.82, 2.24) is 4.90 Å². The molecule has 0 aliphatic carbocycles. The highest BCUT2D eigenvalue weighted by Crippen LogP contribution is 2.23. The molecule has 1 rings (SSSR count). The van der Waals surface area contributed by atoms with Crippen molar-refractivity contribution in [3.8, 4) is 0 Å². The van der Waals surface area contributed by atoms with Crippen LogP contribution >= 0.6 is 23.2 Å². The van der Waals surface area contributed by atoms with Crippen LogP contribution in [0, 0.1) is 5.41 Å². The van der Waals surface area contributed by atoms with Crippen LogP contribution in [0.15, 0.2) is 18.2 Å². The Balaban J connectivity index is 2.69. The Morgan fingerprint density at radius 3 is 2.32 bits per heavy atom. The molecule has 4 nitrogen and oxygen atoms in total. The topological polar surface area (TPSA) is 58.4 Å². The van der Waals surface area contributed by atoms with Gasteiger partial charge in [-0.1, -0.05) is 37.0 Å². The lowest BCUT2D eigenvalue weighted by atomic mass is 9.93. The minimum absolute atomic E-state index is 0.127. The number of nitrogens with zero attached hydrogens (tertiary/aromatic N) is 1. The standard InChI is InChI=1S/C13H19Cl2N3O/c1-13(2,7-16)8-18(3)12(19)17-11-5-9(14)4-10(15)6-11/h4-6H,7-8,16H2,1-3H3,(H,17,19). The van der Waals surface area contributed by atoms with Gasteiger partial charge in [0.25, 0.3) is 0 Å². The molecule has 0 fully saturated rings. The van der Waals surface area contributed by atoms with E-state index in [1.807, 2.05) is 13.8 Å². The minimum Gasteiger partial charge on any atom is -0.330 e. The highest BCUT2D eigenvalue weighted by molar-refractivity contribution is 6.35. The number of nitrogens with one attached hydrogen (secondary N) is 1. The molecular formula is C13H19Cl2N3O. The molecule has 0 atom stereocenters. The molecule has 0 unspecified atom stereocenters. The monoisotopic (exact) mass is 303 g/mol. The van der Waals surface area contributed by atoms with Crippen LogP contribution in [0.4, 0.5) is 10.5 Å². The maximum atomic E-state index is 12.0. The maximum Gasteiger partial charge on any atom is 0.321 e. The molecule has 0 saturated carbocycles. The fraction of sp³-hybridized carbons (Fsp3) is 0.462. The molecule has 0 heterocycles. The second kappa shape index (κ2) is 6.46. The average molecular weight is 304 g/mol. The van der Waals surface area contributed by atoms with Crippen molar-refractivity contribution in [3.05, 3.63) is 28.2 Å². The smallest absolute Gasteiger partial charge is 0.321 e. The second-order valence-electron chi connectivity index (χ2n) is 5.31. The second-order valence-corrected chi connectivity index (χ2v) is 6.19. The van der Waals surface area contributed by atoms with Crippen LogP contribution in [0.5, 0.6) is 0 Å². The number of halogens is 2. The van der Waals surface area contributed by atoms with Gasteiger partial charge in [-0.15, -0.1) is 0 Å². The van der Waals surface area contributed by atoms with Gasteiger partial charge in [-0.3, -0.25) is 0 Å². The summed E-state index contributed by atoms with van der Waals surface area (Å²) in [5.41, 5.74) is 6.10. The first kappa shape index (κ1) is 16.1. The molecule has 2 amide bonds. The van der Waals surface area contributed by atoms with Crippen LogP contribution in [0.1, 0.15) is 13.8 Å². The van der Waals surface area contributed by atoms with Crippen LogP contribution in [-0.2, 0) is 0 Å². The van der Waals surface area contributed by atoms with E-state index in [4.69, 9.17) is 28.9 Å². The number of anilines is 1. The first-order valence-corrected chi connectivity index (χ1v) is 6.67. The summed E-state index contributed by atoms with van der Waals surface area (Å²) >= 11 is 11.8. The summed E-state index contributed by atoms with van der Waals surface area (Å²) in [6, 6.07) is 4.68. The summed E-state index contributed by atoms with van der Waals surface area (Å²) in [6.07, 6.45) is 0. The molecule has 0 aromatic heterocycles. The third kappa shape index (κ3) is 5.27. The van der Waals surface area contributed by atoms with Crippen LogP contribution in [0.25, 0.3) is 0 Å². The molecule has 0 radical (unpaired) electrons. The Labute approximate surface area is 123 Å². The zero-order valence-corrected chi connectivity index (χ0v) is 12.8. The van der Waals surface area contributed by atoms with E-state index in [0.29, 0.717) is 28.8 Å². The molecule has 3 N–H and O–H groups in total. The van der Waals surface area contributed by atoms with Crippen molar-refractivity contribution >= 4 is 34.9 Å². The van der Waals surface area contributed by atoms with E-state index in [0.717, 1.165) is 0 Å². The SMILES string of the molecule is CN(CC(C)(C)CN)C(=O)Nc1cc(Cl)cc(Cl)c1. The van der Waals surface area contributed by atoms with E-state index in [1.54, 1.807) is 30.1 Å². The van der Waals surface area contributed by atoms with Gasteiger partial charge >= 0.3 is 6.03 Å². The number of urea groups is 1. The lowest BCUT2D eigenvalue weighted by Crippen LogP contribution is -2.41. The molecule has 0 saturated heterocycles. The number of hydrogen-bond acceptors (Lipinski definition) is 2. The normalized spacial score (nSPS) is 11.3. The van der Waals surface area contributed by atoms with E-state index in [-0.39, 0.29) is 11.4 Å². The van der Waals surface area contributed by atoms with Gasteiger partial charge in [0, 0.05) is 29.3 Å². The molecule has 19 heavy (non-hydrogen) atoms. The molecule has 0 aliphatic heterocycles. The van der Waals surface area contributed by atoms with Gasteiger partial charge in [-0.2, -0.15) is 0 Å². The summed E-state index contributed by atoms with van der Waals surface area (Å²) in [7, 11) is 1.72. The summed E-state index contributed by atoms with van der Waals surface area (Å²) in [5, 5.41) is 3.71. The quantitative estimate of drug-likeness (QED) is 0.895. The van der Waals surface area contributed by atoms with Gasteiger partial charge < -0.3 is 16.0 Å². The Hall–Kier alpha value is -0.970. The number of amides is 2. The predicted octanol–water partition coefficient (Wildman–Crippen LogP) is 3.44. The molecule has 0 spiro atoms. The Bertz CT molecular complexity index is 443. The fourth-order valence-electron chi connectivity index (χ4n) is 1.62. The number of nitrogens with two attached hydrogens (primary N) is 1. The Kier molecular flexibility index (Phi) is 5.47. The highest BCUT2D eigenvalue weighted by atomic mass is 35.5. The summed E-state index contributed by atoms with van der Waals surface area (Å²) < 4.78 is 0. The molecule has 0 aliphatic rings. The van der Waals surface area contributed by atoms with Gasteiger partial charge in [0.05, 0.1) is 0 Å². The zero-order valence-electron chi connectivity index (χ0n) is 11.3. The number of rotatable bonds is 4. The maximum absolute atomic E-state index is 12.0. The van der Waals surface area contributed by atoms with Crippen molar-refractivity contribution in [3.63, 3.8) is 0 Å². The van der Waals surface area contributed by atoms with Crippen molar-refractivity contribution in [2.45, 2.75) is 13.8 Å². The molecule has 1 aromatic rings. The van der Waals surface area contributed by atoms with E-state index in [1.165, 1.54) is 0 Å². The summed E-state index contributed by atoms with van der Waals surface area (Å²) in [6.45, 7) is 5.08. The van der Waals surface area contributed by atoms with Gasteiger partial charge in [0.1, 0.15) is 0 Å². The first-order valence-electron chi connectivity index (χ1n) is 5.92. The zero-order chi connectivity index (χ0) is 14.6. The molecule has 106 valence electrons. The lowest BCUT2D eigenvalue weighted by molar-refractivity contribution is 0.197. The third-order valence-corrected chi connectivity index (χ3v) is 3.11. The van der Waals surface area contributed by atoms with Crippen LogP contribution in [-0.4, -0.2) is 31.1 Å². The lowest BCUT2D eigenvalue weighted by Gasteiger charge is -2.29. The van der Waals surface area contributed by atoms with Crippen molar-refractivity contribution in [1.29, 1.82) is 0 Å². The van der Waals surface area contributed by atoms with Crippen LogP contribution < -0.4 is 11.1 Å². The van der Waals surface area contributed by atoms with Crippen LogP contribution in [0.3, 0.4) is 0 Å². The average Bonchev–Trinajstić information content (AvgIpc) is 2.26. The predicted molar refractivity (Wildman–Crippen MR) is 80.9 cm³/mol. The van der Waals surface area contributed by atoms with Gasteiger partial charge in [0.2, 0.25) is 0 Å². The van der Waals surface area contributed by atoms with E-state index in [9.17, 15) is 4.79 Å². The number of carbonyl (C=O) groups is 1. The number of carbonyl (C=O) groups excluding carboxylic acids is 1. The summed E-state index contributed by atoms with van der Waals surface area (Å²) in [5.74, 6) is 0. The van der Waals surface area contributed by atoms with Crippen LogP contribution in [0.2, 0.25) is 10.0 Å². The van der Waals surface area contributed by atoms with Crippen molar-refractivity contribution in [2.75, 3.05) is 25.5 Å². The third-order valence-electron chi connectivity index (χ3n) is 2.68. The first-order chi connectivity index (χ1) is 8.73. The minimum atomic E-state index is -0.222. The van der Waals surface area contributed by atoms with E-state index >= 15 is 0 Å². The Morgan fingerprint density at radius 1 is 1.32 bits per heavy atom. The number of hydrogen-bond donors (Lipinski definition) is 2. The number of benzene rings is 1. The van der Waals surface area contributed by atoms with Crippen molar-refractivity contribution in [2.24, 2.45) is 11.1 Å². The van der Waals surface area contributed by atoms with Gasteiger partial charge in [-0.05, 0) is 30.2 Å². The van der Waals surface area contributed by atoms with E-state index < -0.39 is 0 Å². The molecule has 1 aromatic carbocycles. The molecule has 0 bridgehead atoms. The molecular weight excluding hydrogens is 285 g/mol. The van der Waals surface area contributed by atoms with Gasteiger partial charge in [-0.25, -0.2) is 4.79 Å².